The molecular formula is C11H16N8. The highest BCUT2D eigenvalue weighted by atomic mass is 15.7. The third-order valence-electron chi connectivity index (χ3n) is 4.21. The Morgan fingerprint density at radius 3 is 2.74 bits per heavy atom. The average molecular weight is 260 g/mol. The van der Waals surface area contributed by atoms with Crippen LogP contribution in [-0.4, -0.2) is 59.3 Å². The number of nitrogens with zero attached hydrogens (tertiary/aromatic N) is 6. The van der Waals surface area contributed by atoms with Crippen LogP contribution in [0.15, 0.2) is 20.0 Å². The summed E-state index contributed by atoms with van der Waals surface area (Å²) in [6, 6.07) is 0. The van der Waals surface area contributed by atoms with Crippen molar-refractivity contribution < 1.29 is 0 Å². The SMILES string of the molecule is NC1=NC2(N3CC4CCN3CC4)N=CN=C2C(N)=N1. The van der Waals surface area contributed by atoms with E-state index in [2.05, 4.69) is 30.0 Å². The molecule has 3 fully saturated rings. The zero-order valence-corrected chi connectivity index (χ0v) is 10.5. The van der Waals surface area contributed by atoms with E-state index >= 15 is 0 Å². The third-order valence-corrected chi connectivity index (χ3v) is 4.21. The molecule has 3 saturated heterocycles. The summed E-state index contributed by atoms with van der Waals surface area (Å²) in [5.41, 5.74) is 12.3. The first kappa shape index (κ1) is 11.1. The minimum atomic E-state index is -0.908. The summed E-state index contributed by atoms with van der Waals surface area (Å²) >= 11 is 0. The maximum absolute atomic E-state index is 5.93. The summed E-state index contributed by atoms with van der Waals surface area (Å²) in [5, 5.41) is 4.44. The Balaban J connectivity index is 1.79. The molecule has 5 heterocycles. The van der Waals surface area contributed by atoms with Crippen LogP contribution in [0.3, 0.4) is 0 Å². The molecule has 0 amide bonds. The van der Waals surface area contributed by atoms with Crippen molar-refractivity contribution in [3.8, 4) is 0 Å². The van der Waals surface area contributed by atoms with Gasteiger partial charge in [0.1, 0.15) is 6.34 Å². The largest absolute Gasteiger partial charge is 0.382 e. The van der Waals surface area contributed by atoms with E-state index in [1.807, 2.05) is 0 Å². The van der Waals surface area contributed by atoms with Crippen molar-refractivity contribution in [1.29, 1.82) is 0 Å². The minimum Gasteiger partial charge on any atom is -0.382 e. The molecule has 8 nitrogen and oxygen atoms in total. The van der Waals surface area contributed by atoms with Gasteiger partial charge < -0.3 is 11.5 Å². The molecule has 100 valence electrons. The number of guanidine groups is 1. The van der Waals surface area contributed by atoms with Gasteiger partial charge in [-0.1, -0.05) is 0 Å². The summed E-state index contributed by atoms with van der Waals surface area (Å²) in [5.74, 6) is 0.258. The highest BCUT2D eigenvalue weighted by molar-refractivity contribution is 6.48. The van der Waals surface area contributed by atoms with E-state index in [0.717, 1.165) is 19.6 Å². The molecule has 1 atom stereocenters. The third kappa shape index (κ3) is 1.41. The molecule has 0 aromatic heterocycles. The van der Waals surface area contributed by atoms with E-state index in [4.69, 9.17) is 11.5 Å². The maximum Gasteiger partial charge on any atom is 0.272 e. The lowest BCUT2D eigenvalue weighted by Crippen LogP contribution is -2.68. The van der Waals surface area contributed by atoms with Crippen LogP contribution in [0.1, 0.15) is 12.8 Å². The number of hydrogen-bond acceptors (Lipinski definition) is 8. The molecule has 4 N–H and O–H groups in total. The van der Waals surface area contributed by atoms with Gasteiger partial charge in [-0.25, -0.2) is 15.0 Å². The second-order valence-corrected chi connectivity index (χ2v) is 5.30. The van der Waals surface area contributed by atoms with Crippen molar-refractivity contribution in [2.75, 3.05) is 19.6 Å². The lowest BCUT2D eigenvalue weighted by molar-refractivity contribution is -0.148. The van der Waals surface area contributed by atoms with Gasteiger partial charge in [0.2, 0.25) is 5.96 Å². The lowest BCUT2D eigenvalue weighted by Gasteiger charge is -2.52. The predicted molar refractivity (Wildman–Crippen MR) is 72.9 cm³/mol. The lowest BCUT2D eigenvalue weighted by atomic mass is 9.93. The van der Waals surface area contributed by atoms with Gasteiger partial charge in [-0.3, -0.25) is 0 Å². The van der Waals surface area contributed by atoms with Gasteiger partial charge >= 0.3 is 0 Å². The highest BCUT2D eigenvalue weighted by Crippen LogP contribution is 2.36. The van der Waals surface area contributed by atoms with Crippen LogP contribution in [0.5, 0.6) is 0 Å². The second-order valence-electron chi connectivity index (χ2n) is 5.30. The van der Waals surface area contributed by atoms with Crippen molar-refractivity contribution in [1.82, 2.24) is 10.0 Å². The first-order valence-electron chi connectivity index (χ1n) is 6.53. The Morgan fingerprint density at radius 2 is 2.05 bits per heavy atom. The van der Waals surface area contributed by atoms with Gasteiger partial charge in [0, 0.05) is 19.6 Å². The number of piperidine rings is 1. The van der Waals surface area contributed by atoms with Gasteiger partial charge in [-0.05, 0) is 18.8 Å². The van der Waals surface area contributed by atoms with E-state index in [1.165, 1.54) is 19.2 Å². The Labute approximate surface area is 110 Å². The Kier molecular flexibility index (Phi) is 2.10. The molecule has 5 aliphatic rings. The molecular weight excluding hydrogens is 244 g/mol. The van der Waals surface area contributed by atoms with E-state index in [1.54, 1.807) is 0 Å². The van der Waals surface area contributed by atoms with Crippen molar-refractivity contribution >= 4 is 23.8 Å². The van der Waals surface area contributed by atoms with Gasteiger partial charge in [0.05, 0.1) is 0 Å². The van der Waals surface area contributed by atoms with Crippen LogP contribution in [0.2, 0.25) is 0 Å². The van der Waals surface area contributed by atoms with Gasteiger partial charge in [0.15, 0.2) is 11.5 Å². The molecule has 5 rings (SSSR count). The van der Waals surface area contributed by atoms with Crippen LogP contribution in [0.4, 0.5) is 0 Å². The standard InChI is InChI=1S/C11H16N8/c12-9-8-11(15-6-14-8,17-10(13)16-9)19-5-7-1-3-18(19)4-2-7/h6-7H,1-5H2,(H4,12,13,16,17). The average Bonchev–Trinajstić information content (AvgIpc) is 2.85. The fourth-order valence-electron chi connectivity index (χ4n) is 3.27. The smallest absolute Gasteiger partial charge is 0.272 e. The fourth-order valence-corrected chi connectivity index (χ4v) is 3.27. The summed E-state index contributed by atoms with van der Waals surface area (Å²) in [6.45, 7) is 2.98. The van der Waals surface area contributed by atoms with Crippen LogP contribution in [0, 0.1) is 5.92 Å². The molecule has 0 spiro atoms. The minimum absolute atomic E-state index is 0.165. The molecule has 8 heteroatoms. The Morgan fingerprint density at radius 1 is 1.26 bits per heavy atom. The van der Waals surface area contributed by atoms with Crippen molar-refractivity contribution in [2.24, 2.45) is 37.4 Å². The zero-order chi connectivity index (χ0) is 13.0. The molecule has 2 bridgehead atoms. The van der Waals surface area contributed by atoms with Crippen LogP contribution in [-0.2, 0) is 0 Å². The maximum atomic E-state index is 5.93. The van der Waals surface area contributed by atoms with Crippen LogP contribution < -0.4 is 11.5 Å². The first-order chi connectivity index (χ1) is 9.19. The summed E-state index contributed by atoms with van der Waals surface area (Å²) < 4.78 is 0. The van der Waals surface area contributed by atoms with Crippen LogP contribution in [0.25, 0.3) is 0 Å². The van der Waals surface area contributed by atoms with E-state index < -0.39 is 5.79 Å². The van der Waals surface area contributed by atoms with Gasteiger partial charge in [-0.15, -0.1) is 0 Å². The molecule has 0 aromatic rings. The van der Waals surface area contributed by atoms with E-state index in [9.17, 15) is 0 Å². The van der Waals surface area contributed by atoms with E-state index in [0.29, 0.717) is 17.5 Å². The first-order valence-corrected chi connectivity index (χ1v) is 6.53. The monoisotopic (exact) mass is 260 g/mol. The highest BCUT2D eigenvalue weighted by Gasteiger charge is 2.52. The quantitative estimate of drug-likeness (QED) is 0.614. The van der Waals surface area contributed by atoms with Crippen molar-refractivity contribution in [3.05, 3.63) is 0 Å². The number of hydrogen-bond donors (Lipinski definition) is 2. The van der Waals surface area contributed by atoms with E-state index in [-0.39, 0.29) is 5.96 Å². The Bertz CT molecular complexity index is 539. The zero-order valence-electron chi connectivity index (χ0n) is 10.5. The molecule has 0 aromatic carbocycles. The van der Waals surface area contributed by atoms with Crippen LogP contribution >= 0.6 is 0 Å². The molecule has 0 radical (unpaired) electrons. The number of fused-ring (bicyclic) bond motifs is 5. The number of rotatable bonds is 1. The number of nitrogens with two attached hydrogens (primary N) is 2. The number of aliphatic imine (C=N–C) groups is 4. The summed E-state index contributed by atoms with van der Waals surface area (Å²) in [4.78, 5) is 17.1. The number of hydrazine groups is 1. The molecule has 0 aliphatic carbocycles. The molecule has 5 aliphatic heterocycles. The summed E-state index contributed by atoms with van der Waals surface area (Å²) in [7, 11) is 0. The fraction of sp³-hybridized carbons (Fsp3) is 0.636. The van der Waals surface area contributed by atoms with Gasteiger partial charge in [0.25, 0.3) is 5.79 Å². The molecule has 19 heavy (non-hydrogen) atoms. The molecule has 1 unspecified atom stereocenters. The summed E-state index contributed by atoms with van der Waals surface area (Å²) in [6.07, 6.45) is 3.96. The van der Waals surface area contributed by atoms with Crippen molar-refractivity contribution in [2.45, 2.75) is 18.6 Å². The van der Waals surface area contributed by atoms with Crippen molar-refractivity contribution in [3.63, 3.8) is 0 Å². The molecule has 0 saturated carbocycles. The normalized spacial score (nSPS) is 40.7. The predicted octanol–water partition coefficient (Wildman–Crippen LogP) is -1.25. The number of amidine groups is 1. The second kappa shape index (κ2) is 3.61. The van der Waals surface area contributed by atoms with Gasteiger partial charge in [-0.2, -0.15) is 15.0 Å². The topological polar surface area (TPSA) is 108 Å². The Hall–Kier alpha value is -1.80.